The summed E-state index contributed by atoms with van der Waals surface area (Å²) in [4.78, 5) is 10.7. The highest BCUT2D eigenvalue weighted by atomic mass is 35.5. The molecule has 0 bridgehead atoms. The van der Waals surface area contributed by atoms with Gasteiger partial charge in [0.25, 0.3) is 0 Å². The summed E-state index contributed by atoms with van der Waals surface area (Å²) in [6, 6.07) is 7.26. The van der Waals surface area contributed by atoms with Crippen molar-refractivity contribution in [1.82, 2.24) is 9.97 Å². The van der Waals surface area contributed by atoms with Crippen LogP contribution in [0.4, 0.5) is 5.95 Å². The summed E-state index contributed by atoms with van der Waals surface area (Å²) in [5, 5.41) is 1.02. The highest BCUT2D eigenvalue weighted by molar-refractivity contribution is 6.42. The van der Waals surface area contributed by atoms with E-state index in [1.807, 2.05) is 31.1 Å². The molecule has 0 aliphatic rings. The number of hydrogen-bond donors (Lipinski definition) is 1. The normalized spacial score (nSPS) is 10.6. The van der Waals surface area contributed by atoms with Gasteiger partial charge in [0.15, 0.2) is 0 Å². The maximum atomic E-state index is 6.03. The van der Waals surface area contributed by atoms with Gasteiger partial charge in [-0.2, -0.15) is 0 Å². The van der Waals surface area contributed by atoms with E-state index in [9.17, 15) is 0 Å². The van der Waals surface area contributed by atoms with E-state index in [2.05, 4.69) is 9.97 Å². The zero-order valence-electron chi connectivity index (χ0n) is 10.7. The fourth-order valence-electron chi connectivity index (χ4n) is 1.59. The molecular weight excluding hydrogens is 283 g/mol. The first kappa shape index (κ1) is 14.1. The third-order valence-electron chi connectivity index (χ3n) is 2.59. The van der Waals surface area contributed by atoms with Gasteiger partial charge < -0.3 is 10.6 Å². The first-order chi connectivity index (χ1) is 9.01. The van der Waals surface area contributed by atoms with Crippen LogP contribution in [0.2, 0.25) is 10.0 Å². The summed E-state index contributed by atoms with van der Waals surface area (Å²) in [6.07, 6.45) is 0. The predicted octanol–water partition coefficient (Wildman–Crippen LogP) is 2.98. The van der Waals surface area contributed by atoms with Crippen molar-refractivity contribution < 1.29 is 0 Å². The van der Waals surface area contributed by atoms with Crippen LogP contribution in [-0.2, 0) is 6.54 Å². The quantitative estimate of drug-likeness (QED) is 0.946. The van der Waals surface area contributed by atoms with Gasteiger partial charge in [-0.15, -0.1) is 0 Å². The van der Waals surface area contributed by atoms with Crippen LogP contribution in [0.25, 0.3) is 11.3 Å². The SMILES string of the molecule is CN(C)c1nc(CN)cc(-c2ccc(Cl)c(Cl)c2)n1. The Balaban J connectivity index is 2.54. The second-order valence-electron chi connectivity index (χ2n) is 4.27. The molecular formula is C13H14Cl2N4. The summed E-state index contributed by atoms with van der Waals surface area (Å²) < 4.78 is 0. The van der Waals surface area contributed by atoms with Crippen LogP contribution >= 0.6 is 23.2 Å². The van der Waals surface area contributed by atoms with Crippen molar-refractivity contribution in [1.29, 1.82) is 0 Å². The number of aromatic nitrogens is 2. The highest BCUT2D eigenvalue weighted by Crippen LogP contribution is 2.28. The van der Waals surface area contributed by atoms with E-state index in [-0.39, 0.29) is 0 Å². The van der Waals surface area contributed by atoms with E-state index in [4.69, 9.17) is 28.9 Å². The number of anilines is 1. The van der Waals surface area contributed by atoms with Crippen molar-refractivity contribution in [2.45, 2.75) is 6.54 Å². The largest absolute Gasteiger partial charge is 0.347 e. The minimum Gasteiger partial charge on any atom is -0.347 e. The van der Waals surface area contributed by atoms with E-state index in [0.717, 1.165) is 17.0 Å². The lowest BCUT2D eigenvalue weighted by molar-refractivity contribution is 0.925. The number of nitrogens with zero attached hydrogens (tertiary/aromatic N) is 3. The number of hydrogen-bond acceptors (Lipinski definition) is 4. The van der Waals surface area contributed by atoms with E-state index < -0.39 is 0 Å². The molecule has 1 heterocycles. The van der Waals surface area contributed by atoms with E-state index in [1.54, 1.807) is 12.1 Å². The number of benzene rings is 1. The minimum absolute atomic E-state index is 0.359. The smallest absolute Gasteiger partial charge is 0.225 e. The molecule has 0 fully saturated rings. The van der Waals surface area contributed by atoms with Gasteiger partial charge in [-0.05, 0) is 18.2 Å². The van der Waals surface area contributed by atoms with E-state index >= 15 is 0 Å². The van der Waals surface area contributed by atoms with Crippen LogP contribution < -0.4 is 10.6 Å². The van der Waals surface area contributed by atoms with Crippen LogP contribution in [0.1, 0.15) is 5.69 Å². The molecule has 2 aromatic rings. The van der Waals surface area contributed by atoms with Crippen molar-refractivity contribution >= 4 is 29.2 Å². The van der Waals surface area contributed by atoms with Crippen LogP contribution in [0.3, 0.4) is 0 Å². The van der Waals surface area contributed by atoms with Gasteiger partial charge in [0, 0.05) is 26.2 Å². The van der Waals surface area contributed by atoms with Crippen molar-refractivity contribution in [2.24, 2.45) is 5.73 Å². The Morgan fingerprint density at radius 3 is 2.42 bits per heavy atom. The maximum absolute atomic E-state index is 6.03. The molecule has 100 valence electrons. The lowest BCUT2D eigenvalue weighted by Gasteiger charge is -2.13. The van der Waals surface area contributed by atoms with Gasteiger partial charge in [0.1, 0.15) is 0 Å². The summed E-state index contributed by atoms with van der Waals surface area (Å²) >= 11 is 11.9. The molecule has 1 aromatic carbocycles. The van der Waals surface area contributed by atoms with E-state index in [1.165, 1.54) is 0 Å². The average Bonchev–Trinajstić information content (AvgIpc) is 2.41. The zero-order chi connectivity index (χ0) is 14.0. The number of halogens is 2. The molecule has 0 saturated carbocycles. The number of rotatable bonds is 3. The molecule has 1 aromatic heterocycles. The molecule has 4 nitrogen and oxygen atoms in total. The van der Waals surface area contributed by atoms with Gasteiger partial charge in [0.05, 0.1) is 21.4 Å². The van der Waals surface area contributed by atoms with Gasteiger partial charge in [-0.3, -0.25) is 0 Å². The highest BCUT2D eigenvalue weighted by Gasteiger charge is 2.09. The third-order valence-corrected chi connectivity index (χ3v) is 3.33. The van der Waals surface area contributed by atoms with Gasteiger partial charge in [-0.25, -0.2) is 9.97 Å². The Hall–Kier alpha value is -1.36. The Morgan fingerprint density at radius 1 is 1.11 bits per heavy atom. The third kappa shape index (κ3) is 3.15. The Labute approximate surface area is 122 Å². The Bertz CT molecular complexity index is 599. The molecule has 2 N–H and O–H groups in total. The summed E-state index contributed by atoms with van der Waals surface area (Å²) in [7, 11) is 3.77. The molecule has 0 saturated heterocycles. The van der Waals surface area contributed by atoms with Crippen molar-refractivity contribution in [3.05, 3.63) is 40.0 Å². The lowest BCUT2D eigenvalue weighted by atomic mass is 10.1. The van der Waals surface area contributed by atoms with Crippen LogP contribution in [0.5, 0.6) is 0 Å². The van der Waals surface area contributed by atoms with Crippen LogP contribution in [-0.4, -0.2) is 24.1 Å². The predicted molar refractivity (Wildman–Crippen MR) is 79.7 cm³/mol. The second kappa shape index (κ2) is 5.74. The van der Waals surface area contributed by atoms with Crippen LogP contribution in [0.15, 0.2) is 24.3 Å². The van der Waals surface area contributed by atoms with Crippen molar-refractivity contribution in [3.63, 3.8) is 0 Å². The van der Waals surface area contributed by atoms with Crippen molar-refractivity contribution in [2.75, 3.05) is 19.0 Å². The molecule has 0 amide bonds. The van der Waals surface area contributed by atoms with Crippen molar-refractivity contribution in [3.8, 4) is 11.3 Å². The molecule has 0 aliphatic heterocycles. The molecule has 0 aliphatic carbocycles. The molecule has 0 radical (unpaired) electrons. The fraction of sp³-hybridized carbons (Fsp3) is 0.231. The van der Waals surface area contributed by atoms with E-state index in [0.29, 0.717) is 22.5 Å². The molecule has 0 atom stereocenters. The first-order valence-corrected chi connectivity index (χ1v) is 6.47. The number of nitrogens with two attached hydrogens (primary N) is 1. The minimum atomic E-state index is 0.359. The lowest BCUT2D eigenvalue weighted by Crippen LogP contribution is -2.15. The average molecular weight is 297 g/mol. The zero-order valence-corrected chi connectivity index (χ0v) is 12.2. The fourth-order valence-corrected chi connectivity index (χ4v) is 1.89. The molecule has 0 spiro atoms. The molecule has 0 unspecified atom stereocenters. The standard InChI is InChI=1S/C13H14Cl2N4/c1-19(2)13-17-9(7-16)6-12(18-13)8-3-4-10(14)11(15)5-8/h3-6H,7,16H2,1-2H3. The second-order valence-corrected chi connectivity index (χ2v) is 5.09. The van der Waals surface area contributed by atoms with Gasteiger partial charge in [-0.1, -0.05) is 29.3 Å². The molecule has 19 heavy (non-hydrogen) atoms. The maximum Gasteiger partial charge on any atom is 0.225 e. The van der Waals surface area contributed by atoms with Gasteiger partial charge >= 0.3 is 0 Å². The monoisotopic (exact) mass is 296 g/mol. The van der Waals surface area contributed by atoms with Crippen LogP contribution in [0, 0.1) is 0 Å². The topological polar surface area (TPSA) is 55.0 Å². The summed E-state index contributed by atoms with van der Waals surface area (Å²) in [5.74, 6) is 0.615. The molecule has 2 rings (SSSR count). The van der Waals surface area contributed by atoms with Gasteiger partial charge in [0.2, 0.25) is 5.95 Å². The Morgan fingerprint density at radius 2 is 1.84 bits per heavy atom. The Kier molecular flexibility index (Phi) is 4.24. The summed E-state index contributed by atoms with van der Waals surface area (Å²) in [5.41, 5.74) is 8.10. The summed E-state index contributed by atoms with van der Waals surface area (Å²) in [6.45, 7) is 0.359. The molecule has 6 heteroatoms. The first-order valence-electron chi connectivity index (χ1n) is 5.72.